The fraction of sp³-hybridized carbons (Fsp3) is 0.294. The topological polar surface area (TPSA) is 71.5 Å². The van der Waals surface area contributed by atoms with Crippen LogP contribution in [0.1, 0.15) is 18.9 Å². The minimum atomic E-state index is -1.46. The normalized spacial score (nSPS) is 13.2. The van der Waals surface area contributed by atoms with Crippen molar-refractivity contribution in [3.05, 3.63) is 52.8 Å². The Hall–Kier alpha value is -1.92. The summed E-state index contributed by atoms with van der Waals surface area (Å²) in [5.41, 5.74) is 0.155. The number of aromatic nitrogens is 1. The van der Waals surface area contributed by atoms with Crippen LogP contribution in [-0.2, 0) is 11.2 Å². The zero-order valence-corrected chi connectivity index (χ0v) is 14.6. The van der Waals surface area contributed by atoms with Gasteiger partial charge in [-0.05, 0) is 65.5 Å². The number of amides is 1. The number of methoxy groups -OCH3 is 1. The number of halogens is 1. The quantitative estimate of drug-likeness (QED) is 0.757. The molecule has 0 saturated carbocycles. The molecule has 0 aliphatic carbocycles. The molecule has 1 atom stereocenters. The van der Waals surface area contributed by atoms with Crippen LogP contribution in [0.25, 0.3) is 0 Å². The summed E-state index contributed by atoms with van der Waals surface area (Å²) in [6.45, 7) is 1.52. The highest BCUT2D eigenvalue weighted by atomic mass is 79.9. The summed E-state index contributed by atoms with van der Waals surface area (Å²) in [4.78, 5) is 16.2. The number of aryl methyl sites for hydroxylation is 1. The highest BCUT2D eigenvalue weighted by molar-refractivity contribution is 9.10. The Balaban J connectivity index is 1.95. The molecule has 2 rings (SSSR count). The number of hydrogen-bond donors (Lipinski definition) is 2. The van der Waals surface area contributed by atoms with Crippen LogP contribution >= 0.6 is 15.9 Å². The van der Waals surface area contributed by atoms with Gasteiger partial charge in [0.2, 0.25) is 0 Å². The van der Waals surface area contributed by atoms with Crippen molar-refractivity contribution in [3.8, 4) is 5.75 Å². The highest BCUT2D eigenvalue weighted by Gasteiger charge is 2.29. The number of nitrogens with one attached hydrogen (secondary N) is 1. The van der Waals surface area contributed by atoms with Gasteiger partial charge < -0.3 is 15.2 Å². The fourth-order valence-electron chi connectivity index (χ4n) is 2.04. The first-order valence-corrected chi connectivity index (χ1v) is 7.98. The lowest BCUT2D eigenvalue weighted by molar-refractivity contribution is -0.132. The molecular formula is C17H19BrN2O3. The van der Waals surface area contributed by atoms with Crippen molar-refractivity contribution in [1.29, 1.82) is 0 Å². The van der Waals surface area contributed by atoms with E-state index in [2.05, 4.69) is 26.2 Å². The third-order valence-electron chi connectivity index (χ3n) is 3.53. The largest absolute Gasteiger partial charge is 0.497 e. The summed E-state index contributed by atoms with van der Waals surface area (Å²) in [6, 6.07) is 10.9. The Labute approximate surface area is 143 Å². The van der Waals surface area contributed by atoms with Crippen molar-refractivity contribution in [3.63, 3.8) is 0 Å². The minimum Gasteiger partial charge on any atom is -0.497 e. The van der Waals surface area contributed by atoms with Crippen LogP contribution in [0, 0.1) is 0 Å². The van der Waals surface area contributed by atoms with E-state index in [1.807, 2.05) is 24.3 Å². The lowest BCUT2D eigenvalue weighted by Crippen LogP contribution is -2.40. The molecule has 5 nitrogen and oxygen atoms in total. The second-order valence-electron chi connectivity index (χ2n) is 5.44. The van der Waals surface area contributed by atoms with Crippen molar-refractivity contribution in [2.75, 3.05) is 12.4 Å². The van der Waals surface area contributed by atoms with E-state index in [0.29, 0.717) is 23.1 Å². The number of nitrogens with zero attached hydrogens (tertiary/aromatic N) is 1. The Morgan fingerprint density at radius 3 is 2.65 bits per heavy atom. The number of hydrogen-bond acceptors (Lipinski definition) is 4. The summed E-state index contributed by atoms with van der Waals surface area (Å²) >= 11 is 3.24. The Morgan fingerprint density at radius 1 is 1.35 bits per heavy atom. The van der Waals surface area contributed by atoms with Crippen molar-refractivity contribution in [2.45, 2.75) is 25.4 Å². The van der Waals surface area contributed by atoms with Crippen LogP contribution in [0.5, 0.6) is 5.75 Å². The molecule has 2 N–H and O–H groups in total. The number of carbonyl (C=O) groups is 1. The molecule has 23 heavy (non-hydrogen) atoms. The minimum absolute atomic E-state index is 0.317. The van der Waals surface area contributed by atoms with Gasteiger partial charge in [-0.3, -0.25) is 4.79 Å². The Bertz CT molecular complexity index is 672. The predicted molar refractivity (Wildman–Crippen MR) is 92.5 cm³/mol. The van der Waals surface area contributed by atoms with E-state index in [1.165, 1.54) is 6.92 Å². The van der Waals surface area contributed by atoms with Gasteiger partial charge in [0.25, 0.3) is 5.91 Å². The number of anilines is 1. The van der Waals surface area contributed by atoms with Crippen LogP contribution in [0.2, 0.25) is 0 Å². The molecule has 0 aliphatic rings. The van der Waals surface area contributed by atoms with Gasteiger partial charge in [-0.2, -0.15) is 0 Å². The van der Waals surface area contributed by atoms with Gasteiger partial charge in [0.1, 0.15) is 16.0 Å². The van der Waals surface area contributed by atoms with E-state index < -0.39 is 11.5 Å². The van der Waals surface area contributed by atoms with E-state index in [9.17, 15) is 9.90 Å². The maximum atomic E-state index is 12.3. The maximum absolute atomic E-state index is 12.3. The van der Waals surface area contributed by atoms with Gasteiger partial charge >= 0.3 is 0 Å². The standard InChI is InChI=1S/C17H19BrN2O3/c1-17(22,9-7-12-3-5-14(23-2)6-4-12)16(21)20-13-8-10-19-15(18)11-13/h3-6,8,10-11,22H,7,9H2,1-2H3,(H,19,20,21). The third-order valence-corrected chi connectivity index (χ3v) is 3.97. The first-order chi connectivity index (χ1) is 10.9. The number of carbonyl (C=O) groups excluding carboxylic acids is 1. The van der Waals surface area contributed by atoms with E-state index in [0.717, 1.165) is 11.3 Å². The molecule has 0 spiro atoms. The summed E-state index contributed by atoms with van der Waals surface area (Å²) in [5, 5.41) is 13.1. The SMILES string of the molecule is COc1ccc(CCC(C)(O)C(=O)Nc2ccnc(Br)c2)cc1. The van der Waals surface area contributed by atoms with Crippen molar-refractivity contribution < 1.29 is 14.6 Å². The molecule has 2 aromatic rings. The van der Waals surface area contributed by atoms with Crippen LogP contribution in [0.4, 0.5) is 5.69 Å². The average Bonchev–Trinajstić information content (AvgIpc) is 2.53. The molecule has 1 unspecified atom stereocenters. The molecule has 1 aromatic heterocycles. The van der Waals surface area contributed by atoms with E-state index >= 15 is 0 Å². The monoisotopic (exact) mass is 378 g/mol. The van der Waals surface area contributed by atoms with Crippen molar-refractivity contribution >= 4 is 27.5 Å². The van der Waals surface area contributed by atoms with Crippen molar-refractivity contribution in [2.24, 2.45) is 0 Å². The molecular weight excluding hydrogens is 360 g/mol. The van der Waals surface area contributed by atoms with E-state index in [4.69, 9.17) is 4.74 Å². The van der Waals surface area contributed by atoms with E-state index in [1.54, 1.807) is 25.4 Å². The number of rotatable bonds is 6. The number of benzene rings is 1. The smallest absolute Gasteiger partial charge is 0.256 e. The fourth-order valence-corrected chi connectivity index (χ4v) is 2.40. The number of ether oxygens (including phenoxy) is 1. The summed E-state index contributed by atoms with van der Waals surface area (Å²) in [7, 11) is 1.61. The second kappa shape index (κ2) is 7.57. The average molecular weight is 379 g/mol. The maximum Gasteiger partial charge on any atom is 0.256 e. The van der Waals surface area contributed by atoms with Gasteiger partial charge in [-0.1, -0.05) is 12.1 Å². The molecule has 1 aromatic carbocycles. The lowest BCUT2D eigenvalue weighted by Gasteiger charge is -2.22. The molecule has 122 valence electrons. The first-order valence-electron chi connectivity index (χ1n) is 7.19. The van der Waals surface area contributed by atoms with Crippen LogP contribution in [0.3, 0.4) is 0 Å². The van der Waals surface area contributed by atoms with Gasteiger partial charge in [0, 0.05) is 11.9 Å². The second-order valence-corrected chi connectivity index (χ2v) is 6.26. The molecule has 0 fully saturated rings. The Morgan fingerprint density at radius 2 is 2.04 bits per heavy atom. The molecule has 1 amide bonds. The third kappa shape index (κ3) is 5.04. The number of aliphatic hydroxyl groups is 1. The summed E-state index contributed by atoms with van der Waals surface area (Å²) < 4.78 is 5.73. The Kier molecular flexibility index (Phi) is 5.74. The van der Waals surface area contributed by atoms with Gasteiger partial charge in [0.15, 0.2) is 0 Å². The van der Waals surface area contributed by atoms with Crippen LogP contribution < -0.4 is 10.1 Å². The molecule has 0 aliphatic heterocycles. The molecule has 0 radical (unpaired) electrons. The van der Waals surface area contributed by atoms with E-state index in [-0.39, 0.29) is 0 Å². The van der Waals surface area contributed by atoms with Crippen molar-refractivity contribution in [1.82, 2.24) is 4.98 Å². The summed E-state index contributed by atoms with van der Waals surface area (Å²) in [5.74, 6) is 0.339. The van der Waals surface area contributed by atoms with Gasteiger partial charge in [-0.15, -0.1) is 0 Å². The zero-order chi connectivity index (χ0) is 16.9. The predicted octanol–water partition coefficient (Wildman–Crippen LogP) is 3.18. The van der Waals surface area contributed by atoms with Crippen LogP contribution in [-0.4, -0.2) is 28.7 Å². The highest BCUT2D eigenvalue weighted by Crippen LogP contribution is 2.20. The molecule has 6 heteroatoms. The molecule has 1 heterocycles. The molecule has 0 bridgehead atoms. The van der Waals surface area contributed by atoms with Gasteiger partial charge in [-0.25, -0.2) is 4.98 Å². The zero-order valence-electron chi connectivity index (χ0n) is 13.0. The number of pyridine rings is 1. The van der Waals surface area contributed by atoms with Crippen LogP contribution in [0.15, 0.2) is 47.2 Å². The van der Waals surface area contributed by atoms with Gasteiger partial charge in [0.05, 0.1) is 7.11 Å². The molecule has 0 saturated heterocycles. The lowest BCUT2D eigenvalue weighted by atomic mass is 9.96. The summed E-state index contributed by atoms with van der Waals surface area (Å²) in [6.07, 6.45) is 2.48. The first kappa shape index (κ1) is 17.4.